The number of rotatable bonds is 7. The molecule has 10 nitrogen and oxygen atoms in total. The number of carbonyl (C=O) groups is 4. The van der Waals surface area contributed by atoms with Gasteiger partial charge < -0.3 is 31.9 Å². The summed E-state index contributed by atoms with van der Waals surface area (Å²) in [4.78, 5) is 45.1. The van der Waals surface area contributed by atoms with E-state index in [0.717, 1.165) is 0 Å². The molecule has 0 aliphatic heterocycles. The van der Waals surface area contributed by atoms with Gasteiger partial charge in [0.2, 0.25) is 0 Å². The lowest BCUT2D eigenvalue weighted by molar-refractivity contribution is 0.0678. The van der Waals surface area contributed by atoms with Crippen LogP contribution in [0.4, 0.5) is 11.4 Å². The molecular weight excluding hydrogens is 372 g/mol. The van der Waals surface area contributed by atoms with E-state index in [2.05, 4.69) is 0 Å². The SMILES string of the molecule is Nc1c(C(=O)O)cc(CCc2cc(C(=O)O)c(N)c(C(=O)O)c2)cc1C(=O)O. The first-order valence-corrected chi connectivity index (χ1v) is 7.80. The number of carboxylic acids is 4. The summed E-state index contributed by atoms with van der Waals surface area (Å²) in [5.41, 5.74) is 9.58. The highest BCUT2D eigenvalue weighted by Crippen LogP contribution is 2.24. The van der Waals surface area contributed by atoms with E-state index >= 15 is 0 Å². The maximum atomic E-state index is 11.3. The third-order valence-corrected chi connectivity index (χ3v) is 4.10. The normalized spacial score (nSPS) is 10.4. The van der Waals surface area contributed by atoms with E-state index in [1.54, 1.807) is 0 Å². The zero-order chi connectivity index (χ0) is 21.2. The number of aromatic carboxylic acids is 4. The maximum absolute atomic E-state index is 11.3. The molecule has 0 saturated heterocycles. The Balaban J connectivity index is 2.44. The standard InChI is InChI=1S/C18H16N2O8/c19-13-9(15(21)22)3-7(4-10(13)16(23)24)1-2-8-5-11(17(25)26)14(20)12(6-8)18(27)28/h3-6H,1-2,19-20H2,(H,21,22)(H,23,24)(H,25,26)(H,27,28). The molecule has 0 spiro atoms. The molecule has 0 amide bonds. The summed E-state index contributed by atoms with van der Waals surface area (Å²) in [6.45, 7) is 0. The Kier molecular flexibility index (Phi) is 5.53. The third-order valence-electron chi connectivity index (χ3n) is 4.10. The molecule has 0 saturated carbocycles. The molecule has 0 atom stereocenters. The quantitative estimate of drug-likeness (QED) is 0.377. The van der Waals surface area contributed by atoms with Crippen LogP contribution in [-0.2, 0) is 12.8 Å². The number of hydrogen-bond acceptors (Lipinski definition) is 6. The van der Waals surface area contributed by atoms with Crippen molar-refractivity contribution in [1.82, 2.24) is 0 Å². The van der Waals surface area contributed by atoms with Gasteiger partial charge in [0.25, 0.3) is 0 Å². The molecule has 2 aromatic carbocycles. The predicted octanol–water partition coefficient (Wildman–Crippen LogP) is 1.43. The number of aryl methyl sites for hydroxylation is 2. The zero-order valence-electron chi connectivity index (χ0n) is 14.3. The van der Waals surface area contributed by atoms with Crippen molar-refractivity contribution in [2.24, 2.45) is 0 Å². The van der Waals surface area contributed by atoms with Gasteiger partial charge in [0, 0.05) is 0 Å². The summed E-state index contributed by atoms with van der Waals surface area (Å²) in [5, 5.41) is 36.8. The van der Waals surface area contributed by atoms with Crippen LogP contribution in [0, 0.1) is 0 Å². The topological polar surface area (TPSA) is 201 Å². The highest BCUT2D eigenvalue weighted by molar-refractivity contribution is 6.03. The molecule has 0 radical (unpaired) electrons. The molecular formula is C18H16N2O8. The van der Waals surface area contributed by atoms with Crippen LogP contribution < -0.4 is 11.5 Å². The highest BCUT2D eigenvalue weighted by atomic mass is 16.4. The summed E-state index contributed by atoms with van der Waals surface area (Å²) in [6, 6.07) is 4.88. The van der Waals surface area contributed by atoms with Crippen molar-refractivity contribution in [3.05, 3.63) is 57.6 Å². The zero-order valence-corrected chi connectivity index (χ0v) is 14.3. The number of hydrogen-bond donors (Lipinski definition) is 6. The minimum atomic E-state index is -1.39. The van der Waals surface area contributed by atoms with Gasteiger partial charge in [-0.3, -0.25) is 0 Å². The van der Waals surface area contributed by atoms with Crippen LogP contribution in [0.3, 0.4) is 0 Å². The Hall–Kier alpha value is -4.08. The van der Waals surface area contributed by atoms with Crippen molar-refractivity contribution in [3.8, 4) is 0 Å². The minimum Gasteiger partial charge on any atom is -0.478 e. The van der Waals surface area contributed by atoms with Crippen LogP contribution in [0.5, 0.6) is 0 Å². The Morgan fingerprint density at radius 1 is 0.571 bits per heavy atom. The first-order chi connectivity index (χ1) is 13.0. The van der Waals surface area contributed by atoms with Crippen molar-refractivity contribution in [3.63, 3.8) is 0 Å². The Labute approximate surface area is 157 Å². The van der Waals surface area contributed by atoms with Gasteiger partial charge in [0.1, 0.15) is 0 Å². The number of benzene rings is 2. The number of carboxylic acid groups (broad SMARTS) is 4. The Bertz CT molecular complexity index is 861. The number of anilines is 2. The van der Waals surface area contributed by atoms with Crippen LogP contribution in [0.1, 0.15) is 52.6 Å². The molecule has 10 heteroatoms. The highest BCUT2D eigenvalue weighted by Gasteiger charge is 2.20. The summed E-state index contributed by atoms with van der Waals surface area (Å²) >= 11 is 0. The van der Waals surface area contributed by atoms with Crippen LogP contribution >= 0.6 is 0 Å². The Morgan fingerprint density at radius 3 is 0.964 bits per heavy atom. The predicted molar refractivity (Wildman–Crippen MR) is 97.0 cm³/mol. The fourth-order valence-corrected chi connectivity index (χ4v) is 2.71. The van der Waals surface area contributed by atoms with Crippen molar-refractivity contribution in [2.75, 3.05) is 11.5 Å². The second-order valence-electron chi connectivity index (χ2n) is 5.93. The summed E-state index contributed by atoms with van der Waals surface area (Å²) in [7, 11) is 0. The average molecular weight is 388 g/mol. The van der Waals surface area contributed by atoms with Crippen LogP contribution in [0.15, 0.2) is 24.3 Å². The molecule has 0 bridgehead atoms. The van der Waals surface area contributed by atoms with E-state index < -0.39 is 23.9 Å². The lowest BCUT2D eigenvalue weighted by Gasteiger charge is -2.11. The van der Waals surface area contributed by atoms with Crippen LogP contribution in [0.25, 0.3) is 0 Å². The maximum Gasteiger partial charge on any atom is 0.337 e. The first-order valence-electron chi connectivity index (χ1n) is 7.80. The summed E-state index contributed by atoms with van der Waals surface area (Å²) < 4.78 is 0. The minimum absolute atomic E-state index is 0.114. The number of nitrogens with two attached hydrogens (primary N) is 2. The van der Waals surface area contributed by atoms with E-state index in [1.807, 2.05) is 0 Å². The van der Waals surface area contributed by atoms with Crippen molar-refractivity contribution >= 4 is 35.3 Å². The molecule has 8 N–H and O–H groups in total. The molecule has 2 aromatic rings. The molecule has 2 rings (SSSR count). The first kappa shape index (κ1) is 20.2. The average Bonchev–Trinajstić information content (AvgIpc) is 2.60. The molecule has 0 aliphatic carbocycles. The van der Waals surface area contributed by atoms with E-state index in [9.17, 15) is 39.6 Å². The van der Waals surface area contributed by atoms with Gasteiger partial charge in [0.05, 0.1) is 33.6 Å². The van der Waals surface area contributed by atoms with Crippen molar-refractivity contribution in [2.45, 2.75) is 12.8 Å². The van der Waals surface area contributed by atoms with Crippen LogP contribution in [-0.4, -0.2) is 44.3 Å². The Morgan fingerprint density at radius 2 is 0.786 bits per heavy atom. The third kappa shape index (κ3) is 4.01. The van der Waals surface area contributed by atoms with E-state index in [0.29, 0.717) is 11.1 Å². The molecule has 0 heterocycles. The van der Waals surface area contributed by atoms with Gasteiger partial charge in [0.15, 0.2) is 0 Å². The summed E-state index contributed by atoms with van der Waals surface area (Å²) in [5.74, 6) is -5.57. The van der Waals surface area contributed by atoms with E-state index in [-0.39, 0.29) is 46.5 Å². The second kappa shape index (κ2) is 7.66. The molecule has 0 aromatic heterocycles. The van der Waals surface area contributed by atoms with Gasteiger partial charge >= 0.3 is 23.9 Å². The van der Waals surface area contributed by atoms with Gasteiger partial charge in [-0.2, -0.15) is 0 Å². The van der Waals surface area contributed by atoms with Gasteiger partial charge in [-0.25, -0.2) is 19.2 Å². The van der Waals surface area contributed by atoms with E-state index in [4.69, 9.17) is 11.5 Å². The molecule has 146 valence electrons. The van der Waals surface area contributed by atoms with Gasteiger partial charge in [-0.1, -0.05) is 0 Å². The number of nitrogen functional groups attached to an aromatic ring is 2. The van der Waals surface area contributed by atoms with Gasteiger partial charge in [-0.15, -0.1) is 0 Å². The summed E-state index contributed by atoms with van der Waals surface area (Å²) in [6.07, 6.45) is 0.228. The van der Waals surface area contributed by atoms with Gasteiger partial charge in [-0.05, 0) is 48.2 Å². The van der Waals surface area contributed by atoms with Crippen molar-refractivity contribution < 1.29 is 39.6 Å². The van der Waals surface area contributed by atoms with E-state index in [1.165, 1.54) is 24.3 Å². The molecule has 28 heavy (non-hydrogen) atoms. The van der Waals surface area contributed by atoms with Crippen molar-refractivity contribution in [1.29, 1.82) is 0 Å². The fourth-order valence-electron chi connectivity index (χ4n) is 2.71. The molecule has 0 fully saturated rings. The fraction of sp³-hybridized carbons (Fsp3) is 0.111. The lowest BCUT2D eigenvalue weighted by Crippen LogP contribution is -2.12. The van der Waals surface area contributed by atoms with Crippen LogP contribution in [0.2, 0.25) is 0 Å². The molecule has 0 unspecified atom stereocenters. The molecule has 0 aliphatic rings. The smallest absolute Gasteiger partial charge is 0.337 e. The lowest BCUT2D eigenvalue weighted by atomic mass is 9.95. The largest absolute Gasteiger partial charge is 0.478 e. The second-order valence-corrected chi connectivity index (χ2v) is 5.93. The monoisotopic (exact) mass is 388 g/mol.